The lowest BCUT2D eigenvalue weighted by Crippen LogP contribution is -2.23. The molecule has 19 heavy (non-hydrogen) atoms. The zero-order valence-corrected chi connectivity index (χ0v) is 12.7. The minimum atomic E-state index is -0.142. The van der Waals surface area contributed by atoms with Crippen LogP contribution in [0, 0.1) is 13.8 Å². The smallest absolute Gasteiger partial charge is 0.253 e. The van der Waals surface area contributed by atoms with Gasteiger partial charge in [-0.15, -0.1) is 0 Å². The molecule has 0 atom stereocenters. The molecule has 0 fully saturated rings. The topological polar surface area (TPSA) is 59.8 Å². The largest absolute Gasteiger partial charge is 0.348 e. The third kappa shape index (κ3) is 3.01. The monoisotopic (exact) mass is 322 g/mol. The van der Waals surface area contributed by atoms with Crippen molar-refractivity contribution in [3.8, 4) is 0 Å². The second kappa shape index (κ2) is 5.52. The van der Waals surface area contributed by atoms with E-state index in [0.717, 1.165) is 21.4 Å². The van der Waals surface area contributed by atoms with Crippen molar-refractivity contribution in [3.63, 3.8) is 0 Å². The highest BCUT2D eigenvalue weighted by atomic mass is 79.9. The van der Waals surface area contributed by atoms with Gasteiger partial charge in [-0.2, -0.15) is 5.10 Å². The van der Waals surface area contributed by atoms with Crippen LogP contribution in [0.5, 0.6) is 0 Å². The predicted molar refractivity (Wildman–Crippen MR) is 75.8 cm³/mol. The van der Waals surface area contributed by atoms with Gasteiger partial charge in [-0.1, -0.05) is 0 Å². The molecule has 2 aromatic rings. The number of rotatable bonds is 3. The number of nitrogens with zero attached hydrogens (tertiary/aromatic N) is 3. The minimum absolute atomic E-state index is 0.142. The van der Waals surface area contributed by atoms with E-state index in [1.807, 2.05) is 25.6 Å². The van der Waals surface area contributed by atoms with Gasteiger partial charge in [0.15, 0.2) is 0 Å². The van der Waals surface area contributed by atoms with Crippen molar-refractivity contribution in [1.82, 2.24) is 20.1 Å². The number of halogens is 1. The number of nitrogens with one attached hydrogen (secondary N) is 1. The number of aromatic nitrogens is 3. The summed E-state index contributed by atoms with van der Waals surface area (Å²) in [7, 11) is 1.89. The quantitative estimate of drug-likeness (QED) is 0.941. The van der Waals surface area contributed by atoms with E-state index in [9.17, 15) is 4.79 Å². The molecule has 0 saturated heterocycles. The van der Waals surface area contributed by atoms with Crippen molar-refractivity contribution in [2.24, 2.45) is 7.05 Å². The van der Waals surface area contributed by atoms with Gasteiger partial charge < -0.3 is 5.32 Å². The average molecular weight is 323 g/mol. The maximum atomic E-state index is 12.0. The minimum Gasteiger partial charge on any atom is -0.348 e. The van der Waals surface area contributed by atoms with Crippen LogP contribution in [0.2, 0.25) is 0 Å². The Balaban J connectivity index is 2.09. The summed E-state index contributed by atoms with van der Waals surface area (Å²) in [5, 5.41) is 7.21. The first-order valence-electron chi connectivity index (χ1n) is 5.87. The maximum absolute atomic E-state index is 12.0. The SMILES string of the molecule is Cc1nn(C)c(C)c1CNC(=O)c1cncc(Br)c1. The summed E-state index contributed by atoms with van der Waals surface area (Å²) in [5.74, 6) is -0.142. The second-order valence-electron chi connectivity index (χ2n) is 4.35. The molecule has 0 saturated carbocycles. The van der Waals surface area contributed by atoms with E-state index in [0.29, 0.717) is 12.1 Å². The number of amides is 1. The van der Waals surface area contributed by atoms with Crippen molar-refractivity contribution in [1.29, 1.82) is 0 Å². The van der Waals surface area contributed by atoms with Crippen molar-refractivity contribution in [2.45, 2.75) is 20.4 Å². The Labute approximate surface area is 120 Å². The second-order valence-corrected chi connectivity index (χ2v) is 5.26. The standard InChI is InChI=1S/C13H15BrN4O/c1-8-12(9(2)18(3)17-8)7-16-13(19)10-4-11(14)6-15-5-10/h4-6H,7H2,1-3H3,(H,16,19). The van der Waals surface area contributed by atoms with Gasteiger partial charge in [0.2, 0.25) is 0 Å². The molecule has 0 spiro atoms. The van der Waals surface area contributed by atoms with E-state index in [1.165, 1.54) is 0 Å². The fourth-order valence-corrected chi connectivity index (χ4v) is 2.24. The third-order valence-electron chi connectivity index (χ3n) is 3.05. The molecular formula is C13H15BrN4O. The van der Waals surface area contributed by atoms with Gasteiger partial charge in [0, 0.05) is 41.7 Å². The van der Waals surface area contributed by atoms with Crippen LogP contribution in [-0.4, -0.2) is 20.7 Å². The van der Waals surface area contributed by atoms with E-state index in [4.69, 9.17) is 0 Å². The molecule has 1 N–H and O–H groups in total. The summed E-state index contributed by atoms with van der Waals surface area (Å²) in [5.41, 5.74) is 3.59. The molecule has 2 aromatic heterocycles. The Morgan fingerprint density at radius 3 is 2.74 bits per heavy atom. The molecule has 0 aromatic carbocycles. The van der Waals surface area contributed by atoms with Crippen LogP contribution >= 0.6 is 15.9 Å². The maximum Gasteiger partial charge on any atom is 0.253 e. The Morgan fingerprint density at radius 1 is 1.42 bits per heavy atom. The average Bonchev–Trinajstić information content (AvgIpc) is 2.61. The molecular weight excluding hydrogens is 308 g/mol. The summed E-state index contributed by atoms with van der Waals surface area (Å²) >= 11 is 3.30. The lowest BCUT2D eigenvalue weighted by Gasteiger charge is -2.06. The molecule has 0 aliphatic heterocycles. The highest BCUT2D eigenvalue weighted by Gasteiger charge is 2.11. The first kappa shape index (κ1) is 13.7. The lowest BCUT2D eigenvalue weighted by molar-refractivity contribution is 0.0950. The van der Waals surface area contributed by atoms with Crippen LogP contribution in [0.3, 0.4) is 0 Å². The number of carbonyl (C=O) groups is 1. The van der Waals surface area contributed by atoms with Crippen molar-refractivity contribution >= 4 is 21.8 Å². The number of hydrogen-bond acceptors (Lipinski definition) is 3. The molecule has 2 rings (SSSR count). The van der Waals surface area contributed by atoms with Crippen LogP contribution in [0.4, 0.5) is 0 Å². The molecule has 0 unspecified atom stereocenters. The molecule has 0 aliphatic carbocycles. The molecule has 5 nitrogen and oxygen atoms in total. The fourth-order valence-electron chi connectivity index (χ4n) is 1.88. The van der Waals surface area contributed by atoms with E-state index >= 15 is 0 Å². The van der Waals surface area contributed by atoms with Crippen molar-refractivity contribution in [3.05, 3.63) is 45.4 Å². The number of hydrogen-bond donors (Lipinski definition) is 1. The normalized spacial score (nSPS) is 10.5. The highest BCUT2D eigenvalue weighted by Crippen LogP contribution is 2.12. The predicted octanol–water partition coefficient (Wildman–Crippen LogP) is 2.12. The summed E-state index contributed by atoms with van der Waals surface area (Å²) < 4.78 is 2.60. The van der Waals surface area contributed by atoms with Crippen LogP contribution in [-0.2, 0) is 13.6 Å². The Kier molecular flexibility index (Phi) is 3.99. The van der Waals surface area contributed by atoms with E-state index < -0.39 is 0 Å². The first-order valence-corrected chi connectivity index (χ1v) is 6.66. The third-order valence-corrected chi connectivity index (χ3v) is 3.49. The summed E-state index contributed by atoms with van der Waals surface area (Å²) in [4.78, 5) is 16.0. The Hall–Kier alpha value is -1.69. The van der Waals surface area contributed by atoms with Gasteiger partial charge in [-0.05, 0) is 35.8 Å². The van der Waals surface area contributed by atoms with Gasteiger partial charge in [-0.3, -0.25) is 14.5 Å². The van der Waals surface area contributed by atoms with Crippen LogP contribution in [0.1, 0.15) is 27.3 Å². The number of aryl methyl sites for hydroxylation is 2. The van der Waals surface area contributed by atoms with Gasteiger partial charge in [0.25, 0.3) is 5.91 Å². The molecule has 6 heteroatoms. The number of pyridine rings is 1. The van der Waals surface area contributed by atoms with Crippen LogP contribution in [0.15, 0.2) is 22.9 Å². The molecule has 1 amide bonds. The zero-order valence-electron chi connectivity index (χ0n) is 11.1. The lowest BCUT2D eigenvalue weighted by atomic mass is 10.2. The molecule has 2 heterocycles. The van der Waals surface area contributed by atoms with Crippen molar-refractivity contribution < 1.29 is 4.79 Å². The Bertz CT molecular complexity index is 621. The van der Waals surface area contributed by atoms with Gasteiger partial charge in [-0.25, -0.2) is 0 Å². The molecule has 0 bridgehead atoms. The van der Waals surface area contributed by atoms with Crippen molar-refractivity contribution in [2.75, 3.05) is 0 Å². The summed E-state index contributed by atoms with van der Waals surface area (Å²) in [6.45, 7) is 4.40. The summed E-state index contributed by atoms with van der Waals surface area (Å²) in [6, 6.07) is 1.74. The van der Waals surface area contributed by atoms with Crippen LogP contribution in [0.25, 0.3) is 0 Å². The zero-order chi connectivity index (χ0) is 14.0. The number of carbonyl (C=O) groups excluding carboxylic acids is 1. The van der Waals surface area contributed by atoms with Gasteiger partial charge in [0.05, 0.1) is 11.3 Å². The highest BCUT2D eigenvalue weighted by molar-refractivity contribution is 9.10. The Morgan fingerprint density at radius 2 is 2.16 bits per heavy atom. The first-order chi connectivity index (χ1) is 8.99. The van der Waals surface area contributed by atoms with E-state index in [-0.39, 0.29) is 5.91 Å². The fraction of sp³-hybridized carbons (Fsp3) is 0.308. The molecule has 0 radical (unpaired) electrons. The van der Waals surface area contributed by atoms with E-state index in [1.54, 1.807) is 18.5 Å². The molecule has 100 valence electrons. The van der Waals surface area contributed by atoms with Gasteiger partial charge in [0.1, 0.15) is 0 Å². The van der Waals surface area contributed by atoms with Gasteiger partial charge >= 0.3 is 0 Å². The molecule has 0 aliphatic rings. The van der Waals surface area contributed by atoms with E-state index in [2.05, 4.69) is 31.3 Å². The van der Waals surface area contributed by atoms with Crippen LogP contribution < -0.4 is 5.32 Å². The summed E-state index contributed by atoms with van der Waals surface area (Å²) in [6.07, 6.45) is 3.19.